The number of ether oxygens (including phenoxy) is 1. The number of benzene rings is 1. The van der Waals surface area contributed by atoms with E-state index in [9.17, 15) is 0 Å². The monoisotopic (exact) mass is 403 g/mol. The van der Waals surface area contributed by atoms with E-state index in [2.05, 4.69) is 16.7 Å². The van der Waals surface area contributed by atoms with Gasteiger partial charge in [0.25, 0.3) is 0 Å². The van der Waals surface area contributed by atoms with E-state index >= 15 is 0 Å². The lowest BCUT2D eigenvalue weighted by molar-refractivity contribution is -0.00199. The highest BCUT2D eigenvalue weighted by atomic mass is 35.5. The highest BCUT2D eigenvalue weighted by Gasteiger charge is 2.29. The Morgan fingerprint density at radius 1 is 1.18 bits per heavy atom. The third-order valence-corrected chi connectivity index (χ3v) is 6.51. The molecule has 152 valence electrons. The number of rotatable bonds is 5. The van der Waals surface area contributed by atoms with Gasteiger partial charge in [-0.2, -0.15) is 0 Å². The van der Waals surface area contributed by atoms with Gasteiger partial charge in [-0.1, -0.05) is 17.7 Å². The van der Waals surface area contributed by atoms with Crippen LogP contribution in [-0.2, 0) is 11.3 Å². The third kappa shape index (κ3) is 4.60. The quantitative estimate of drug-likeness (QED) is 0.747. The van der Waals surface area contributed by atoms with Crippen molar-refractivity contribution in [1.29, 1.82) is 0 Å². The van der Waals surface area contributed by atoms with Crippen LogP contribution in [0.15, 0.2) is 28.7 Å². The fourth-order valence-electron chi connectivity index (χ4n) is 4.41. The number of aryl methyl sites for hydroxylation is 1. The lowest BCUT2D eigenvalue weighted by atomic mass is 9.89. The molecule has 0 bridgehead atoms. The Hall–Kier alpha value is -1.40. The van der Waals surface area contributed by atoms with E-state index in [-0.39, 0.29) is 0 Å². The van der Waals surface area contributed by atoms with Crippen LogP contribution < -0.4 is 0 Å². The highest BCUT2D eigenvalue weighted by molar-refractivity contribution is 6.30. The fraction of sp³-hybridized carbons (Fsp3) is 0.591. The van der Waals surface area contributed by atoms with Crippen LogP contribution in [0.25, 0.3) is 11.5 Å². The molecule has 5 nitrogen and oxygen atoms in total. The van der Waals surface area contributed by atoms with Gasteiger partial charge in [0, 0.05) is 36.3 Å². The van der Waals surface area contributed by atoms with Gasteiger partial charge in [-0.25, -0.2) is 4.98 Å². The Morgan fingerprint density at radius 3 is 2.64 bits per heavy atom. The number of halogens is 1. The third-order valence-electron chi connectivity index (χ3n) is 6.27. The van der Waals surface area contributed by atoms with E-state index in [4.69, 9.17) is 25.7 Å². The maximum absolute atomic E-state index is 6.10. The summed E-state index contributed by atoms with van der Waals surface area (Å²) in [6, 6.07) is 8.32. The molecule has 2 fully saturated rings. The highest BCUT2D eigenvalue weighted by Crippen LogP contribution is 2.28. The minimum atomic E-state index is 0.647. The van der Waals surface area contributed by atoms with Crippen LogP contribution >= 0.6 is 11.6 Å². The molecule has 1 aromatic heterocycles. The second-order valence-electron chi connectivity index (χ2n) is 8.03. The SMILES string of the molecule is Cc1oc(-c2cccc(Cl)c2)nc1CN1CCC([C@H](C)N2CCOCC2)CC1. The number of morpholine rings is 1. The van der Waals surface area contributed by atoms with E-state index in [0.717, 1.165) is 68.9 Å². The molecule has 3 heterocycles. The Bertz CT molecular complexity index is 780. The maximum Gasteiger partial charge on any atom is 0.226 e. The lowest BCUT2D eigenvalue weighted by Gasteiger charge is -2.40. The minimum Gasteiger partial charge on any atom is -0.441 e. The van der Waals surface area contributed by atoms with Crippen molar-refractivity contribution >= 4 is 11.6 Å². The molecule has 6 heteroatoms. The van der Waals surface area contributed by atoms with Crippen molar-refractivity contribution in [3.63, 3.8) is 0 Å². The summed E-state index contributed by atoms with van der Waals surface area (Å²) in [6.45, 7) is 11.4. The van der Waals surface area contributed by atoms with Crippen molar-refractivity contribution in [3.05, 3.63) is 40.7 Å². The molecule has 0 amide bonds. The van der Waals surface area contributed by atoms with E-state index in [1.165, 1.54) is 12.8 Å². The maximum atomic E-state index is 6.10. The molecule has 0 saturated carbocycles. The smallest absolute Gasteiger partial charge is 0.226 e. The van der Waals surface area contributed by atoms with Gasteiger partial charge in [0.2, 0.25) is 5.89 Å². The summed E-state index contributed by atoms with van der Waals surface area (Å²) in [5, 5.41) is 0.700. The first-order valence-electron chi connectivity index (χ1n) is 10.4. The fourth-order valence-corrected chi connectivity index (χ4v) is 4.60. The normalized spacial score (nSPS) is 21.1. The molecule has 0 aliphatic carbocycles. The Balaban J connectivity index is 1.33. The van der Waals surface area contributed by atoms with Gasteiger partial charge in [0.15, 0.2) is 0 Å². The number of nitrogens with zero attached hydrogens (tertiary/aromatic N) is 3. The van der Waals surface area contributed by atoms with Crippen molar-refractivity contribution in [2.24, 2.45) is 5.92 Å². The largest absolute Gasteiger partial charge is 0.441 e. The number of piperidine rings is 1. The number of hydrogen-bond acceptors (Lipinski definition) is 5. The van der Waals surface area contributed by atoms with Gasteiger partial charge >= 0.3 is 0 Å². The van der Waals surface area contributed by atoms with Gasteiger partial charge in [-0.3, -0.25) is 9.80 Å². The summed E-state index contributed by atoms with van der Waals surface area (Å²) in [5.74, 6) is 2.33. The van der Waals surface area contributed by atoms with Crippen LogP contribution in [0.1, 0.15) is 31.2 Å². The van der Waals surface area contributed by atoms with Crippen molar-refractivity contribution in [2.45, 2.75) is 39.3 Å². The predicted octanol–water partition coefficient (Wildman–Crippen LogP) is 4.24. The molecule has 0 spiro atoms. The molecule has 0 radical (unpaired) electrons. The average molecular weight is 404 g/mol. The molecule has 4 rings (SSSR count). The predicted molar refractivity (Wildman–Crippen MR) is 112 cm³/mol. The van der Waals surface area contributed by atoms with E-state index in [0.29, 0.717) is 17.0 Å². The standard InChI is InChI=1S/C22H30ClN3O2/c1-16(26-10-12-27-13-11-26)18-6-8-25(9-7-18)15-21-17(2)28-22(24-21)19-4-3-5-20(23)14-19/h3-5,14,16,18H,6-13,15H2,1-2H3/t16-/m0/s1. The summed E-state index contributed by atoms with van der Waals surface area (Å²) in [5.41, 5.74) is 1.97. The van der Waals surface area contributed by atoms with Crippen LogP contribution in [0.4, 0.5) is 0 Å². The molecule has 1 aromatic carbocycles. The molecule has 0 unspecified atom stereocenters. The van der Waals surface area contributed by atoms with Gasteiger partial charge in [0.1, 0.15) is 5.76 Å². The van der Waals surface area contributed by atoms with E-state index in [1.54, 1.807) is 0 Å². The second-order valence-corrected chi connectivity index (χ2v) is 8.47. The van der Waals surface area contributed by atoms with Crippen molar-refractivity contribution in [2.75, 3.05) is 39.4 Å². The first-order valence-corrected chi connectivity index (χ1v) is 10.7. The summed E-state index contributed by atoms with van der Waals surface area (Å²) in [4.78, 5) is 9.86. The summed E-state index contributed by atoms with van der Waals surface area (Å²) in [6.07, 6.45) is 2.49. The van der Waals surface area contributed by atoms with Crippen LogP contribution in [0.5, 0.6) is 0 Å². The average Bonchev–Trinajstić information content (AvgIpc) is 3.09. The number of aromatic nitrogens is 1. The van der Waals surface area contributed by atoms with Gasteiger partial charge in [0.05, 0.1) is 18.9 Å². The van der Waals surface area contributed by atoms with Crippen LogP contribution in [0.3, 0.4) is 0 Å². The van der Waals surface area contributed by atoms with E-state index < -0.39 is 0 Å². The molecule has 2 aromatic rings. The number of oxazole rings is 1. The van der Waals surface area contributed by atoms with Crippen molar-refractivity contribution < 1.29 is 9.15 Å². The minimum absolute atomic E-state index is 0.647. The van der Waals surface area contributed by atoms with Crippen LogP contribution in [-0.4, -0.2) is 60.2 Å². The van der Waals surface area contributed by atoms with Gasteiger partial charge < -0.3 is 9.15 Å². The molecule has 2 saturated heterocycles. The number of likely N-dealkylation sites (tertiary alicyclic amines) is 1. The van der Waals surface area contributed by atoms with Gasteiger partial charge in [-0.05, 0) is 63.9 Å². The first-order chi connectivity index (χ1) is 13.6. The molecule has 28 heavy (non-hydrogen) atoms. The number of hydrogen-bond donors (Lipinski definition) is 0. The summed E-state index contributed by atoms with van der Waals surface area (Å²) < 4.78 is 11.4. The van der Waals surface area contributed by atoms with Crippen molar-refractivity contribution in [1.82, 2.24) is 14.8 Å². The summed E-state index contributed by atoms with van der Waals surface area (Å²) >= 11 is 6.10. The zero-order chi connectivity index (χ0) is 19.5. The molecular formula is C22H30ClN3O2. The summed E-state index contributed by atoms with van der Waals surface area (Å²) in [7, 11) is 0. The Morgan fingerprint density at radius 2 is 1.93 bits per heavy atom. The Kier molecular flexibility index (Phi) is 6.36. The molecule has 1 atom stereocenters. The molecular weight excluding hydrogens is 374 g/mol. The Labute approximate surface area is 172 Å². The second kappa shape index (κ2) is 8.95. The topological polar surface area (TPSA) is 41.7 Å². The van der Waals surface area contributed by atoms with Gasteiger partial charge in [-0.15, -0.1) is 0 Å². The zero-order valence-electron chi connectivity index (χ0n) is 16.9. The molecule has 0 N–H and O–H groups in total. The van der Waals surface area contributed by atoms with Crippen LogP contribution in [0.2, 0.25) is 5.02 Å². The van der Waals surface area contributed by atoms with Crippen LogP contribution in [0, 0.1) is 12.8 Å². The van der Waals surface area contributed by atoms with Crippen molar-refractivity contribution in [3.8, 4) is 11.5 Å². The first kappa shape index (κ1) is 19.9. The molecule has 2 aliphatic heterocycles. The zero-order valence-corrected chi connectivity index (χ0v) is 17.6. The lowest BCUT2D eigenvalue weighted by Crippen LogP contribution is -2.48. The molecule has 2 aliphatic rings. The van der Waals surface area contributed by atoms with E-state index in [1.807, 2.05) is 31.2 Å².